The van der Waals surface area contributed by atoms with E-state index in [1.807, 2.05) is 76.2 Å². The third kappa shape index (κ3) is 5.51. The van der Waals surface area contributed by atoms with Crippen LogP contribution in [0.5, 0.6) is 0 Å². The first-order chi connectivity index (χ1) is 22.0. The van der Waals surface area contributed by atoms with E-state index in [0.29, 0.717) is 19.5 Å². The van der Waals surface area contributed by atoms with Crippen LogP contribution < -0.4 is 4.90 Å². The van der Waals surface area contributed by atoms with E-state index in [0.717, 1.165) is 35.2 Å². The molecule has 1 spiro atoms. The quantitative estimate of drug-likeness (QED) is 0.274. The molecule has 3 aliphatic rings. The third-order valence-electron chi connectivity index (χ3n) is 10.7. The number of rotatable bonds is 13. The van der Waals surface area contributed by atoms with Crippen LogP contribution in [0.1, 0.15) is 56.7 Å². The van der Waals surface area contributed by atoms with Gasteiger partial charge in [-0.2, -0.15) is 0 Å². The highest BCUT2D eigenvalue weighted by Gasteiger charge is 2.78. The van der Waals surface area contributed by atoms with E-state index in [2.05, 4.69) is 20.1 Å². The molecular weight excluding hydrogens is 595 g/mol. The van der Waals surface area contributed by atoms with E-state index in [4.69, 9.17) is 0 Å². The zero-order chi connectivity index (χ0) is 33.4. The van der Waals surface area contributed by atoms with Gasteiger partial charge < -0.3 is 19.8 Å². The van der Waals surface area contributed by atoms with E-state index in [1.54, 1.807) is 38.6 Å². The molecule has 7 nitrogen and oxygen atoms in total. The predicted molar refractivity (Wildman–Crippen MR) is 186 cm³/mol. The second-order valence-corrected chi connectivity index (χ2v) is 15.5. The van der Waals surface area contributed by atoms with Gasteiger partial charge in [-0.25, -0.2) is 0 Å². The molecule has 246 valence electrons. The highest BCUT2D eigenvalue weighted by molar-refractivity contribution is 8.02. The fourth-order valence-corrected chi connectivity index (χ4v) is 10.7. The zero-order valence-electron chi connectivity index (χ0n) is 27.9. The van der Waals surface area contributed by atoms with E-state index in [9.17, 15) is 14.7 Å². The Bertz CT molecular complexity index is 1480. The summed E-state index contributed by atoms with van der Waals surface area (Å²) in [5.74, 6) is -1.77. The molecule has 3 amide bonds. The lowest BCUT2D eigenvalue weighted by Crippen LogP contribution is -2.59. The summed E-state index contributed by atoms with van der Waals surface area (Å²) in [6, 6.07) is 14.4. The molecule has 3 heterocycles. The fraction of sp³-hybridized carbons (Fsp3) is 0.500. The number of amides is 3. The van der Waals surface area contributed by atoms with Gasteiger partial charge in [0.2, 0.25) is 11.8 Å². The summed E-state index contributed by atoms with van der Waals surface area (Å²) in [4.78, 5) is 50.2. The molecule has 2 bridgehead atoms. The number of para-hydroxylation sites is 1. The first-order valence-electron chi connectivity index (χ1n) is 16.5. The first-order valence-corrected chi connectivity index (χ1v) is 17.4. The van der Waals surface area contributed by atoms with Crippen LogP contribution in [-0.2, 0) is 20.9 Å². The van der Waals surface area contributed by atoms with E-state index in [-0.39, 0.29) is 36.8 Å². The van der Waals surface area contributed by atoms with Crippen molar-refractivity contribution < 1.29 is 19.5 Å². The van der Waals surface area contributed by atoms with Gasteiger partial charge in [-0.1, -0.05) is 81.0 Å². The summed E-state index contributed by atoms with van der Waals surface area (Å²) in [5.41, 5.74) is 3.75. The number of benzene rings is 2. The second kappa shape index (κ2) is 13.4. The summed E-state index contributed by atoms with van der Waals surface area (Å²) in [5, 5.41) is 10.8. The Labute approximate surface area is 278 Å². The Kier molecular flexibility index (Phi) is 9.90. The molecule has 2 aromatic carbocycles. The lowest BCUT2D eigenvalue weighted by atomic mass is 9.66. The number of aliphatic hydroxyl groups excluding tert-OH is 1. The number of anilines is 1. The molecule has 2 aromatic rings. The zero-order valence-corrected chi connectivity index (χ0v) is 28.8. The molecule has 0 aromatic heterocycles. The third-order valence-corrected chi connectivity index (χ3v) is 12.7. The van der Waals surface area contributed by atoms with Gasteiger partial charge in [-0.3, -0.25) is 14.4 Å². The standard InChI is InChI=1S/C38H49N3O4S/c1-8-21-39(23-28-17-12-11-13-18-28)34(43)30-31-35(44)41(29(24-42)25(4)10-3)33(38(31)20-19-37(30,7)46-38)36(45)40(22-9-2)32-26(5)15-14-16-27(32)6/h8-9,11-18,25,29-31,33,42H,1-2,10,19-24H2,3-7H3/t25-,29-,30-,31-,33?,37+,38?/m0/s1. The van der Waals surface area contributed by atoms with Gasteiger partial charge in [0.1, 0.15) is 6.04 Å². The lowest BCUT2D eigenvalue weighted by Gasteiger charge is -2.41. The molecule has 0 aliphatic carbocycles. The smallest absolute Gasteiger partial charge is 0.251 e. The Morgan fingerprint density at radius 1 is 1.04 bits per heavy atom. The number of aliphatic hydroxyl groups is 1. The molecule has 3 saturated heterocycles. The van der Waals surface area contributed by atoms with Crippen LogP contribution in [0.3, 0.4) is 0 Å². The summed E-state index contributed by atoms with van der Waals surface area (Å²) in [6.07, 6.45) is 5.56. The molecule has 3 fully saturated rings. The van der Waals surface area contributed by atoms with Crippen LogP contribution in [0, 0.1) is 31.6 Å². The summed E-state index contributed by atoms with van der Waals surface area (Å²) in [7, 11) is 0. The van der Waals surface area contributed by atoms with Crippen molar-refractivity contribution in [3.05, 3.63) is 90.5 Å². The molecule has 1 N–H and O–H groups in total. The number of carbonyl (C=O) groups excluding carboxylic acids is 3. The van der Waals surface area contributed by atoms with Crippen molar-refractivity contribution in [2.24, 2.45) is 17.8 Å². The molecule has 2 unspecified atom stereocenters. The van der Waals surface area contributed by atoms with Gasteiger partial charge in [0.05, 0.1) is 29.2 Å². The van der Waals surface area contributed by atoms with Gasteiger partial charge in [0, 0.05) is 30.1 Å². The molecule has 0 saturated carbocycles. The minimum atomic E-state index is -0.832. The summed E-state index contributed by atoms with van der Waals surface area (Å²) >= 11 is 1.67. The maximum Gasteiger partial charge on any atom is 0.251 e. The van der Waals surface area contributed by atoms with Gasteiger partial charge >= 0.3 is 0 Å². The molecule has 46 heavy (non-hydrogen) atoms. The Balaban J connectivity index is 1.64. The van der Waals surface area contributed by atoms with Crippen LogP contribution in [-0.4, -0.2) is 73.9 Å². The largest absolute Gasteiger partial charge is 0.394 e. The highest BCUT2D eigenvalue weighted by Crippen LogP contribution is 2.72. The number of aryl methyl sites for hydroxylation is 2. The van der Waals surface area contributed by atoms with Gasteiger partial charge in [-0.05, 0) is 56.2 Å². The number of hydrogen-bond donors (Lipinski definition) is 1. The monoisotopic (exact) mass is 643 g/mol. The van der Waals surface area contributed by atoms with Crippen LogP contribution in [0.15, 0.2) is 73.8 Å². The molecule has 0 radical (unpaired) electrons. The normalized spacial score (nSPS) is 27.7. The van der Waals surface area contributed by atoms with Crippen molar-refractivity contribution in [3.8, 4) is 0 Å². The van der Waals surface area contributed by atoms with Crippen LogP contribution in [0.2, 0.25) is 0 Å². The minimum Gasteiger partial charge on any atom is -0.394 e. The average Bonchev–Trinajstić information content (AvgIpc) is 3.61. The van der Waals surface area contributed by atoms with Crippen molar-refractivity contribution in [1.29, 1.82) is 0 Å². The van der Waals surface area contributed by atoms with Crippen molar-refractivity contribution in [1.82, 2.24) is 9.80 Å². The molecule has 8 heteroatoms. The summed E-state index contributed by atoms with van der Waals surface area (Å²) in [6.45, 7) is 18.8. The number of hydrogen-bond acceptors (Lipinski definition) is 5. The number of carbonyl (C=O) groups is 3. The van der Waals surface area contributed by atoms with E-state index < -0.39 is 33.4 Å². The summed E-state index contributed by atoms with van der Waals surface area (Å²) < 4.78 is -1.31. The number of nitrogens with zero attached hydrogens (tertiary/aromatic N) is 3. The molecule has 7 atom stereocenters. The minimum absolute atomic E-state index is 0.0465. The topological polar surface area (TPSA) is 81.2 Å². The lowest BCUT2D eigenvalue weighted by molar-refractivity contribution is -0.147. The van der Waals surface area contributed by atoms with Crippen LogP contribution in [0.25, 0.3) is 0 Å². The Morgan fingerprint density at radius 3 is 2.28 bits per heavy atom. The van der Waals surface area contributed by atoms with Crippen LogP contribution >= 0.6 is 11.8 Å². The maximum absolute atomic E-state index is 15.2. The van der Waals surface area contributed by atoms with E-state index in [1.165, 1.54) is 0 Å². The van der Waals surface area contributed by atoms with Crippen molar-refractivity contribution in [2.45, 2.75) is 82.0 Å². The van der Waals surface area contributed by atoms with Crippen molar-refractivity contribution in [3.63, 3.8) is 0 Å². The molecule has 3 aliphatic heterocycles. The highest BCUT2D eigenvalue weighted by atomic mass is 32.2. The SMILES string of the molecule is C=CCN(Cc1ccccc1)C(=O)[C@@H]1[C@H]2C(=O)N([C@@H](CO)[C@@H](C)CC)C(C(=O)N(CC=C)c3c(C)cccc3C)C23CC[C@@]1(C)S3. The van der Waals surface area contributed by atoms with Gasteiger partial charge in [0.25, 0.3) is 5.91 Å². The van der Waals surface area contributed by atoms with Gasteiger partial charge in [-0.15, -0.1) is 24.9 Å². The Hall–Kier alpha value is -3.36. The van der Waals surface area contributed by atoms with Crippen molar-refractivity contribution in [2.75, 3.05) is 24.6 Å². The number of likely N-dealkylation sites (tertiary alicyclic amines) is 1. The molecule has 5 rings (SSSR count). The van der Waals surface area contributed by atoms with Crippen molar-refractivity contribution >= 4 is 35.2 Å². The van der Waals surface area contributed by atoms with Gasteiger partial charge in [0.15, 0.2) is 0 Å². The number of fused-ring (bicyclic) bond motifs is 1. The number of thioether (sulfide) groups is 1. The molecular formula is C38H49N3O4S. The average molecular weight is 644 g/mol. The van der Waals surface area contributed by atoms with Crippen LogP contribution in [0.4, 0.5) is 5.69 Å². The Morgan fingerprint density at radius 2 is 1.70 bits per heavy atom. The predicted octanol–water partition coefficient (Wildman–Crippen LogP) is 5.93. The first kappa shape index (κ1) is 34.0. The fourth-order valence-electron chi connectivity index (χ4n) is 8.38. The second-order valence-electron chi connectivity index (χ2n) is 13.6. The maximum atomic E-state index is 15.2. The van der Waals surface area contributed by atoms with E-state index >= 15 is 4.79 Å².